The number of amides is 1. The zero-order chi connectivity index (χ0) is 13.1. The molecule has 2 rings (SSSR count). The van der Waals surface area contributed by atoms with Crippen molar-refractivity contribution in [3.63, 3.8) is 0 Å². The molecular weight excluding hydrogens is 234 g/mol. The number of hydrogen-bond acceptors (Lipinski definition) is 2. The first-order valence-corrected chi connectivity index (χ1v) is 5.71. The van der Waals surface area contributed by atoms with E-state index in [1.165, 1.54) is 4.90 Å². The predicted octanol–water partition coefficient (Wildman–Crippen LogP) is 2.84. The number of likely N-dealkylation sites (tertiary alicyclic amines) is 1. The number of rotatable bonds is 1. The standard InChI is InChI=1S/C10H16BF3NO2/c1-9(2,3)17-8(16)15-5-10(6-15)4-7(10)11(12,13)14/h7H,4-6H2,1-3H3/q-1. The summed E-state index contributed by atoms with van der Waals surface area (Å²) in [6.45, 7) is 0.831. The quantitative estimate of drug-likeness (QED) is 0.669. The lowest BCUT2D eigenvalue weighted by Crippen LogP contribution is -2.54. The van der Waals surface area contributed by atoms with E-state index in [4.69, 9.17) is 4.74 Å². The Balaban J connectivity index is 1.83. The molecule has 98 valence electrons. The molecule has 1 amide bonds. The largest absolute Gasteiger partial charge is 0.482 e. The molecule has 1 aliphatic heterocycles. The van der Waals surface area contributed by atoms with Gasteiger partial charge in [0.05, 0.1) is 0 Å². The Hall–Kier alpha value is -0.875. The van der Waals surface area contributed by atoms with Crippen LogP contribution < -0.4 is 0 Å². The van der Waals surface area contributed by atoms with Crippen LogP contribution in [0.1, 0.15) is 27.2 Å². The smallest absolute Gasteiger partial charge is 0.449 e. The highest BCUT2D eigenvalue weighted by Gasteiger charge is 2.67. The van der Waals surface area contributed by atoms with Gasteiger partial charge in [-0.25, -0.2) is 4.79 Å². The van der Waals surface area contributed by atoms with Crippen LogP contribution in [-0.4, -0.2) is 36.7 Å². The molecule has 1 aliphatic carbocycles. The molecule has 0 radical (unpaired) electrons. The number of ether oxygens (including phenoxy) is 1. The molecular formula is C10H16BF3NO2-. The highest BCUT2D eigenvalue weighted by atomic mass is 19.4. The molecule has 1 heterocycles. The lowest BCUT2D eigenvalue weighted by molar-refractivity contribution is -0.00672. The van der Waals surface area contributed by atoms with E-state index >= 15 is 0 Å². The van der Waals surface area contributed by atoms with Crippen molar-refractivity contribution in [1.82, 2.24) is 4.90 Å². The molecule has 2 aliphatic rings. The van der Waals surface area contributed by atoms with Crippen molar-refractivity contribution in [1.29, 1.82) is 0 Å². The zero-order valence-electron chi connectivity index (χ0n) is 10.2. The van der Waals surface area contributed by atoms with Gasteiger partial charge in [-0.1, -0.05) is 12.2 Å². The maximum absolute atomic E-state index is 12.5. The van der Waals surface area contributed by atoms with Crippen LogP contribution in [0.25, 0.3) is 0 Å². The van der Waals surface area contributed by atoms with E-state index in [0.717, 1.165) is 0 Å². The van der Waals surface area contributed by atoms with E-state index < -0.39 is 29.9 Å². The second-order valence-electron chi connectivity index (χ2n) is 6.13. The highest BCUT2D eigenvalue weighted by molar-refractivity contribution is 6.61. The van der Waals surface area contributed by atoms with Crippen molar-refractivity contribution in [2.45, 2.75) is 38.6 Å². The molecule has 0 N–H and O–H groups in total. The van der Waals surface area contributed by atoms with Crippen LogP contribution in [0.15, 0.2) is 0 Å². The maximum Gasteiger partial charge on any atom is 0.482 e. The van der Waals surface area contributed by atoms with Gasteiger partial charge in [0.2, 0.25) is 0 Å². The van der Waals surface area contributed by atoms with Crippen LogP contribution in [0.3, 0.4) is 0 Å². The van der Waals surface area contributed by atoms with Crippen LogP contribution in [0.5, 0.6) is 0 Å². The van der Waals surface area contributed by atoms with E-state index in [-0.39, 0.29) is 19.5 Å². The minimum Gasteiger partial charge on any atom is -0.449 e. The van der Waals surface area contributed by atoms with Gasteiger partial charge >= 0.3 is 13.1 Å². The second kappa shape index (κ2) is 3.33. The van der Waals surface area contributed by atoms with Gasteiger partial charge in [-0.05, 0) is 26.2 Å². The third kappa shape index (κ3) is 2.37. The van der Waals surface area contributed by atoms with Crippen LogP contribution in [0.2, 0.25) is 5.82 Å². The molecule has 1 saturated heterocycles. The average Bonchev–Trinajstić information content (AvgIpc) is 2.69. The lowest BCUT2D eigenvalue weighted by atomic mass is 9.75. The minimum absolute atomic E-state index is 0.176. The number of halogens is 3. The first-order valence-electron chi connectivity index (χ1n) is 5.71. The molecule has 7 heteroatoms. The monoisotopic (exact) mass is 250 g/mol. The number of carbonyl (C=O) groups excluding carboxylic acids is 1. The van der Waals surface area contributed by atoms with Gasteiger partial charge in [-0.2, -0.15) is 0 Å². The Labute approximate surface area is 98.3 Å². The van der Waals surface area contributed by atoms with E-state index in [0.29, 0.717) is 0 Å². The summed E-state index contributed by atoms with van der Waals surface area (Å²) in [4.78, 5) is 12.9. The summed E-state index contributed by atoms with van der Waals surface area (Å²) in [5.41, 5.74) is -1.27. The second-order valence-corrected chi connectivity index (χ2v) is 6.13. The molecule has 1 unspecified atom stereocenters. The first kappa shape index (κ1) is 12.6. The van der Waals surface area contributed by atoms with Gasteiger partial charge < -0.3 is 22.6 Å². The molecule has 0 aromatic rings. The summed E-state index contributed by atoms with van der Waals surface area (Å²) in [6, 6.07) is 0. The van der Waals surface area contributed by atoms with Crippen LogP contribution >= 0.6 is 0 Å². The van der Waals surface area contributed by atoms with E-state index in [2.05, 4.69) is 0 Å². The Bertz CT molecular complexity index is 344. The summed E-state index contributed by atoms with van der Waals surface area (Å²) in [5, 5.41) is 0. The molecule has 1 saturated carbocycles. The maximum atomic E-state index is 12.5. The summed E-state index contributed by atoms with van der Waals surface area (Å²) < 4.78 is 42.5. The van der Waals surface area contributed by atoms with Gasteiger partial charge in [0.15, 0.2) is 0 Å². The predicted molar refractivity (Wildman–Crippen MR) is 57.7 cm³/mol. The molecule has 0 aromatic carbocycles. The van der Waals surface area contributed by atoms with E-state index in [1.807, 2.05) is 0 Å². The van der Waals surface area contributed by atoms with E-state index in [1.54, 1.807) is 20.8 Å². The van der Waals surface area contributed by atoms with Gasteiger partial charge in [0, 0.05) is 13.1 Å². The van der Waals surface area contributed by atoms with E-state index in [9.17, 15) is 17.7 Å². The van der Waals surface area contributed by atoms with Crippen molar-refractivity contribution in [3.05, 3.63) is 0 Å². The third-order valence-electron chi connectivity index (χ3n) is 3.37. The fourth-order valence-corrected chi connectivity index (χ4v) is 2.45. The average molecular weight is 250 g/mol. The Morgan fingerprint density at radius 3 is 2.24 bits per heavy atom. The van der Waals surface area contributed by atoms with Crippen molar-refractivity contribution < 1.29 is 22.5 Å². The number of nitrogens with zero attached hydrogens (tertiary/aromatic N) is 1. The summed E-state index contributed by atoms with van der Waals surface area (Å²) in [6.07, 6.45) is -0.334. The number of carbonyl (C=O) groups is 1. The third-order valence-corrected chi connectivity index (χ3v) is 3.37. The first-order chi connectivity index (χ1) is 7.54. The van der Waals surface area contributed by atoms with Crippen molar-refractivity contribution in [3.8, 4) is 0 Å². The molecule has 0 aromatic heterocycles. The molecule has 1 spiro atoms. The fraction of sp³-hybridized carbons (Fsp3) is 0.900. The normalized spacial score (nSPS) is 26.7. The molecule has 17 heavy (non-hydrogen) atoms. The summed E-state index contributed by atoms with van der Waals surface area (Å²) in [5.74, 6) is -1.17. The van der Waals surface area contributed by atoms with Crippen molar-refractivity contribution in [2.24, 2.45) is 5.41 Å². The van der Waals surface area contributed by atoms with Gasteiger partial charge in [-0.15, -0.1) is 0 Å². The van der Waals surface area contributed by atoms with Gasteiger partial charge in [0.25, 0.3) is 0 Å². The fourth-order valence-electron chi connectivity index (χ4n) is 2.45. The molecule has 0 bridgehead atoms. The van der Waals surface area contributed by atoms with Crippen molar-refractivity contribution in [2.75, 3.05) is 13.1 Å². The molecule has 1 atom stereocenters. The van der Waals surface area contributed by atoms with Gasteiger partial charge in [0.1, 0.15) is 5.60 Å². The SMILES string of the molecule is CC(C)(C)OC(=O)N1CC2(CC2[B-](F)(F)F)C1. The minimum atomic E-state index is -4.75. The zero-order valence-corrected chi connectivity index (χ0v) is 10.2. The van der Waals surface area contributed by atoms with Crippen LogP contribution in [0, 0.1) is 5.41 Å². The summed E-state index contributed by atoms with van der Waals surface area (Å²) >= 11 is 0. The Morgan fingerprint density at radius 1 is 1.35 bits per heavy atom. The molecule has 2 fully saturated rings. The van der Waals surface area contributed by atoms with Crippen LogP contribution in [0.4, 0.5) is 17.7 Å². The Kier molecular flexibility index (Phi) is 2.46. The van der Waals surface area contributed by atoms with Crippen LogP contribution in [-0.2, 0) is 4.74 Å². The Morgan fingerprint density at radius 2 is 1.88 bits per heavy atom. The highest BCUT2D eigenvalue weighted by Crippen LogP contribution is 2.68. The number of hydrogen-bond donors (Lipinski definition) is 0. The lowest BCUT2D eigenvalue weighted by Gasteiger charge is -2.42. The molecule has 3 nitrogen and oxygen atoms in total. The van der Waals surface area contributed by atoms with Gasteiger partial charge in [-0.3, -0.25) is 0 Å². The summed E-state index contributed by atoms with van der Waals surface area (Å²) in [7, 11) is 0. The topological polar surface area (TPSA) is 29.5 Å². The van der Waals surface area contributed by atoms with Crippen molar-refractivity contribution >= 4 is 13.1 Å².